The second kappa shape index (κ2) is 9.92. The summed E-state index contributed by atoms with van der Waals surface area (Å²) in [6.07, 6.45) is 8.90. The number of rotatable bonds is 7. The Morgan fingerprint density at radius 1 is 1.07 bits per heavy atom. The number of carbonyl (C=O) groups is 1. The van der Waals surface area contributed by atoms with E-state index < -0.39 is 0 Å². The SMILES string of the molecule is COc1ccc(CNC(=O)c2ccnc(NC3CCCCCC3)n2)cc1OC. The average Bonchev–Trinajstić information content (AvgIpc) is 3.00. The number of hydrogen-bond donors (Lipinski definition) is 2. The maximum Gasteiger partial charge on any atom is 0.270 e. The number of ether oxygens (including phenoxy) is 2. The van der Waals surface area contributed by atoms with E-state index in [1.54, 1.807) is 26.5 Å². The molecule has 0 bridgehead atoms. The van der Waals surface area contributed by atoms with Gasteiger partial charge in [0.15, 0.2) is 11.5 Å². The molecule has 28 heavy (non-hydrogen) atoms. The number of amides is 1. The summed E-state index contributed by atoms with van der Waals surface area (Å²) in [5.41, 5.74) is 1.27. The quantitative estimate of drug-likeness (QED) is 0.710. The normalized spacial score (nSPS) is 14.8. The molecule has 1 heterocycles. The smallest absolute Gasteiger partial charge is 0.270 e. The number of nitrogens with one attached hydrogen (secondary N) is 2. The topological polar surface area (TPSA) is 85.4 Å². The van der Waals surface area contributed by atoms with Crippen LogP contribution in [0, 0.1) is 0 Å². The lowest BCUT2D eigenvalue weighted by atomic mass is 10.1. The molecule has 7 heteroatoms. The second-order valence-electron chi connectivity index (χ2n) is 6.97. The molecule has 1 aromatic heterocycles. The van der Waals surface area contributed by atoms with Crippen LogP contribution in [0.25, 0.3) is 0 Å². The minimum absolute atomic E-state index is 0.235. The van der Waals surface area contributed by atoms with Gasteiger partial charge in [0.1, 0.15) is 5.69 Å². The Kier molecular flexibility index (Phi) is 7.06. The van der Waals surface area contributed by atoms with Gasteiger partial charge < -0.3 is 20.1 Å². The van der Waals surface area contributed by atoms with Gasteiger partial charge in [-0.05, 0) is 36.6 Å². The van der Waals surface area contributed by atoms with Gasteiger partial charge in [0, 0.05) is 18.8 Å². The first-order valence-corrected chi connectivity index (χ1v) is 9.78. The fourth-order valence-corrected chi connectivity index (χ4v) is 3.42. The van der Waals surface area contributed by atoms with Crippen LogP contribution in [-0.4, -0.2) is 36.1 Å². The van der Waals surface area contributed by atoms with Crippen molar-refractivity contribution >= 4 is 11.9 Å². The van der Waals surface area contributed by atoms with Crippen LogP contribution in [0.3, 0.4) is 0 Å². The molecule has 0 radical (unpaired) electrons. The van der Waals surface area contributed by atoms with E-state index in [9.17, 15) is 4.79 Å². The number of anilines is 1. The first-order chi connectivity index (χ1) is 13.7. The molecule has 0 unspecified atom stereocenters. The lowest BCUT2D eigenvalue weighted by Gasteiger charge is -2.16. The molecule has 1 saturated carbocycles. The van der Waals surface area contributed by atoms with Crippen LogP contribution in [0.4, 0.5) is 5.95 Å². The van der Waals surface area contributed by atoms with Crippen LogP contribution < -0.4 is 20.1 Å². The van der Waals surface area contributed by atoms with E-state index in [0.29, 0.717) is 35.7 Å². The summed E-state index contributed by atoms with van der Waals surface area (Å²) in [6.45, 7) is 0.370. The van der Waals surface area contributed by atoms with Crippen molar-refractivity contribution in [3.63, 3.8) is 0 Å². The van der Waals surface area contributed by atoms with Crippen LogP contribution in [0.1, 0.15) is 54.6 Å². The molecule has 7 nitrogen and oxygen atoms in total. The highest BCUT2D eigenvalue weighted by Gasteiger charge is 2.15. The molecular formula is C21H28N4O3. The third-order valence-corrected chi connectivity index (χ3v) is 4.98. The number of methoxy groups -OCH3 is 2. The lowest BCUT2D eigenvalue weighted by Crippen LogP contribution is -2.25. The van der Waals surface area contributed by atoms with E-state index in [0.717, 1.165) is 18.4 Å². The fraction of sp³-hybridized carbons (Fsp3) is 0.476. The third kappa shape index (κ3) is 5.34. The summed E-state index contributed by atoms with van der Waals surface area (Å²) >= 11 is 0. The van der Waals surface area contributed by atoms with E-state index in [4.69, 9.17) is 9.47 Å². The summed E-state index contributed by atoms with van der Waals surface area (Å²) in [5, 5.41) is 6.28. The number of benzene rings is 1. The maximum atomic E-state index is 12.5. The van der Waals surface area contributed by atoms with E-state index in [-0.39, 0.29) is 5.91 Å². The minimum atomic E-state index is -0.235. The molecule has 1 aliphatic carbocycles. The molecule has 1 amide bonds. The minimum Gasteiger partial charge on any atom is -0.493 e. The number of nitrogens with zero attached hydrogens (tertiary/aromatic N) is 2. The standard InChI is InChI=1S/C21H28N4O3/c1-27-18-10-9-15(13-19(18)28-2)14-23-20(26)17-11-12-22-21(25-17)24-16-7-5-3-4-6-8-16/h9-13,16H,3-8,14H2,1-2H3,(H,23,26)(H,22,24,25). The van der Waals surface area contributed by atoms with Crippen LogP contribution >= 0.6 is 0 Å². The van der Waals surface area contributed by atoms with Crippen molar-refractivity contribution in [2.75, 3.05) is 19.5 Å². The highest BCUT2D eigenvalue weighted by atomic mass is 16.5. The molecule has 0 saturated heterocycles. The predicted molar refractivity (Wildman–Crippen MR) is 108 cm³/mol. The zero-order valence-electron chi connectivity index (χ0n) is 16.5. The number of carbonyl (C=O) groups excluding carboxylic acids is 1. The Morgan fingerprint density at radius 2 is 1.82 bits per heavy atom. The van der Waals surface area contributed by atoms with Crippen molar-refractivity contribution in [1.82, 2.24) is 15.3 Å². The highest BCUT2D eigenvalue weighted by molar-refractivity contribution is 5.92. The highest BCUT2D eigenvalue weighted by Crippen LogP contribution is 2.27. The van der Waals surface area contributed by atoms with E-state index in [2.05, 4.69) is 20.6 Å². The molecule has 2 aromatic rings. The van der Waals surface area contributed by atoms with E-state index in [1.165, 1.54) is 25.7 Å². The summed E-state index contributed by atoms with van der Waals surface area (Å²) in [7, 11) is 3.18. The first-order valence-electron chi connectivity index (χ1n) is 9.78. The molecular weight excluding hydrogens is 356 g/mol. The molecule has 3 rings (SSSR count). The Morgan fingerprint density at radius 3 is 2.54 bits per heavy atom. The van der Waals surface area contributed by atoms with Crippen molar-refractivity contribution < 1.29 is 14.3 Å². The van der Waals surface area contributed by atoms with Gasteiger partial charge in [0.2, 0.25) is 5.95 Å². The molecule has 0 aliphatic heterocycles. The van der Waals surface area contributed by atoms with E-state index in [1.807, 2.05) is 18.2 Å². The summed E-state index contributed by atoms with van der Waals surface area (Å²) in [5.74, 6) is 1.57. The van der Waals surface area contributed by atoms with Gasteiger partial charge in [-0.15, -0.1) is 0 Å². The summed E-state index contributed by atoms with van der Waals surface area (Å²) in [6, 6.07) is 7.56. The maximum absolute atomic E-state index is 12.5. The summed E-state index contributed by atoms with van der Waals surface area (Å²) in [4.78, 5) is 21.2. The van der Waals surface area contributed by atoms with Crippen molar-refractivity contribution in [2.45, 2.75) is 51.1 Å². The van der Waals surface area contributed by atoms with Crippen molar-refractivity contribution in [3.8, 4) is 11.5 Å². The van der Waals surface area contributed by atoms with Crippen molar-refractivity contribution in [3.05, 3.63) is 41.7 Å². The average molecular weight is 384 g/mol. The van der Waals surface area contributed by atoms with Gasteiger partial charge in [0.05, 0.1) is 14.2 Å². The largest absolute Gasteiger partial charge is 0.493 e. The molecule has 0 spiro atoms. The van der Waals surface area contributed by atoms with Gasteiger partial charge in [-0.25, -0.2) is 9.97 Å². The zero-order chi connectivity index (χ0) is 19.8. The fourth-order valence-electron chi connectivity index (χ4n) is 3.42. The van der Waals surface area contributed by atoms with Gasteiger partial charge in [0.25, 0.3) is 5.91 Å². The zero-order valence-corrected chi connectivity index (χ0v) is 16.5. The monoisotopic (exact) mass is 384 g/mol. The predicted octanol–water partition coefficient (Wildman–Crippen LogP) is 3.56. The van der Waals surface area contributed by atoms with E-state index >= 15 is 0 Å². The number of hydrogen-bond acceptors (Lipinski definition) is 6. The third-order valence-electron chi connectivity index (χ3n) is 4.98. The van der Waals surface area contributed by atoms with Gasteiger partial charge >= 0.3 is 0 Å². The van der Waals surface area contributed by atoms with Crippen LogP contribution in [-0.2, 0) is 6.54 Å². The summed E-state index contributed by atoms with van der Waals surface area (Å²) < 4.78 is 10.5. The Hall–Kier alpha value is -2.83. The van der Waals surface area contributed by atoms with Crippen molar-refractivity contribution in [2.24, 2.45) is 0 Å². The Labute approximate surface area is 165 Å². The second-order valence-corrected chi connectivity index (χ2v) is 6.97. The van der Waals surface area contributed by atoms with Crippen LogP contribution in [0.5, 0.6) is 11.5 Å². The van der Waals surface area contributed by atoms with Gasteiger partial charge in [-0.2, -0.15) is 0 Å². The van der Waals surface area contributed by atoms with Gasteiger partial charge in [-0.3, -0.25) is 4.79 Å². The van der Waals surface area contributed by atoms with Crippen molar-refractivity contribution in [1.29, 1.82) is 0 Å². The van der Waals surface area contributed by atoms with Crippen LogP contribution in [0.2, 0.25) is 0 Å². The Balaban J connectivity index is 1.60. The lowest BCUT2D eigenvalue weighted by molar-refractivity contribution is 0.0946. The molecule has 1 aromatic carbocycles. The first kappa shape index (κ1) is 19.9. The van der Waals surface area contributed by atoms with Gasteiger partial charge in [-0.1, -0.05) is 31.7 Å². The molecule has 0 atom stereocenters. The molecule has 2 N–H and O–H groups in total. The Bertz CT molecular complexity index is 789. The number of aromatic nitrogens is 2. The molecule has 1 aliphatic rings. The molecule has 1 fully saturated rings. The molecule has 150 valence electrons. The van der Waals surface area contributed by atoms with Crippen LogP contribution in [0.15, 0.2) is 30.5 Å².